The van der Waals surface area contributed by atoms with Crippen LogP contribution in [0.5, 0.6) is 0 Å². The number of H-pyrrole nitrogens is 1. The molecule has 31 heavy (non-hydrogen) atoms. The Hall–Kier alpha value is -4.46. The number of aromatic amines is 1. The average Bonchev–Trinajstić information content (AvgIpc) is 3.19. The van der Waals surface area contributed by atoms with Crippen molar-refractivity contribution in [3.63, 3.8) is 0 Å². The summed E-state index contributed by atoms with van der Waals surface area (Å²) in [4.78, 5) is 28.5. The largest absolute Gasteiger partial charge is 0.365 e. The number of benzene rings is 2. The highest BCUT2D eigenvalue weighted by Gasteiger charge is 2.20. The fourth-order valence-corrected chi connectivity index (χ4v) is 3.15. The fraction of sp³-hybridized carbons (Fsp3) is 0.0435. The summed E-state index contributed by atoms with van der Waals surface area (Å²) in [6, 6.07) is 22.0. The van der Waals surface area contributed by atoms with Crippen LogP contribution in [0.3, 0.4) is 0 Å². The minimum atomic E-state index is -0.623. The molecule has 0 aliphatic carbocycles. The zero-order valence-corrected chi connectivity index (χ0v) is 16.5. The van der Waals surface area contributed by atoms with Crippen LogP contribution in [-0.4, -0.2) is 27.0 Å². The van der Waals surface area contributed by atoms with Crippen LogP contribution < -0.4 is 16.4 Å². The molecule has 8 nitrogen and oxygen atoms in total. The van der Waals surface area contributed by atoms with Crippen molar-refractivity contribution in [2.24, 2.45) is 5.73 Å². The van der Waals surface area contributed by atoms with E-state index in [4.69, 9.17) is 5.73 Å². The lowest BCUT2D eigenvalue weighted by Crippen LogP contribution is -2.14. The molecule has 4 rings (SSSR count). The number of aromatic nitrogens is 3. The van der Waals surface area contributed by atoms with E-state index in [0.717, 1.165) is 5.56 Å². The van der Waals surface area contributed by atoms with Gasteiger partial charge in [-0.05, 0) is 29.8 Å². The van der Waals surface area contributed by atoms with E-state index in [0.29, 0.717) is 28.6 Å². The monoisotopic (exact) mass is 412 g/mol. The average molecular weight is 412 g/mol. The first-order chi connectivity index (χ1) is 15.1. The highest BCUT2D eigenvalue weighted by Crippen LogP contribution is 2.29. The maximum absolute atomic E-state index is 12.3. The first-order valence-corrected chi connectivity index (χ1v) is 9.60. The quantitative estimate of drug-likeness (QED) is 0.370. The Morgan fingerprint density at radius 3 is 2.35 bits per heavy atom. The zero-order chi connectivity index (χ0) is 21.6. The van der Waals surface area contributed by atoms with E-state index in [9.17, 15) is 9.59 Å². The number of nitrogens with zero attached hydrogens (tertiary/aromatic N) is 2. The van der Waals surface area contributed by atoms with Gasteiger partial charge in [0.25, 0.3) is 5.91 Å². The Kier molecular flexibility index (Phi) is 5.70. The van der Waals surface area contributed by atoms with Crippen molar-refractivity contribution in [2.75, 3.05) is 10.6 Å². The second-order valence-corrected chi connectivity index (χ2v) is 6.81. The standard InChI is InChI=1S/C23H20N6O2/c24-22(31)20-21(28-29-23(20)27-18-8-4-5-13-25-18)16-9-11-17(12-10-16)26-19(30)14-15-6-2-1-3-7-15/h1-13H,14H2,(H2,24,31)(H,26,30)(H2,25,27,28,29). The van der Waals surface area contributed by atoms with E-state index >= 15 is 0 Å². The number of primary amides is 1. The molecule has 0 saturated heterocycles. The number of carbonyl (C=O) groups is 2. The molecular weight excluding hydrogens is 392 g/mol. The molecule has 0 aliphatic heterocycles. The van der Waals surface area contributed by atoms with Crippen LogP contribution in [0.1, 0.15) is 15.9 Å². The van der Waals surface area contributed by atoms with Gasteiger partial charge < -0.3 is 16.4 Å². The molecule has 5 N–H and O–H groups in total. The number of rotatable bonds is 7. The third-order valence-corrected chi connectivity index (χ3v) is 4.59. The third kappa shape index (κ3) is 4.76. The predicted molar refractivity (Wildman–Crippen MR) is 119 cm³/mol. The van der Waals surface area contributed by atoms with E-state index in [1.165, 1.54) is 0 Å². The molecule has 2 heterocycles. The molecule has 0 saturated carbocycles. The fourth-order valence-electron chi connectivity index (χ4n) is 3.15. The normalized spacial score (nSPS) is 10.5. The van der Waals surface area contributed by atoms with Crippen molar-refractivity contribution < 1.29 is 9.59 Å². The van der Waals surface area contributed by atoms with E-state index in [1.807, 2.05) is 36.4 Å². The van der Waals surface area contributed by atoms with Crippen molar-refractivity contribution in [3.05, 3.63) is 90.1 Å². The molecule has 0 radical (unpaired) electrons. The highest BCUT2D eigenvalue weighted by atomic mass is 16.2. The van der Waals surface area contributed by atoms with Gasteiger partial charge in [-0.25, -0.2) is 4.98 Å². The van der Waals surface area contributed by atoms with Gasteiger partial charge in [-0.2, -0.15) is 5.10 Å². The number of hydrogen-bond donors (Lipinski definition) is 4. The third-order valence-electron chi connectivity index (χ3n) is 4.59. The van der Waals surface area contributed by atoms with Crippen LogP contribution >= 0.6 is 0 Å². The molecule has 0 atom stereocenters. The first-order valence-electron chi connectivity index (χ1n) is 9.60. The number of nitrogens with one attached hydrogen (secondary N) is 3. The molecule has 2 amide bonds. The van der Waals surface area contributed by atoms with Crippen molar-refractivity contribution in [1.82, 2.24) is 15.2 Å². The Morgan fingerprint density at radius 1 is 0.935 bits per heavy atom. The number of anilines is 3. The van der Waals surface area contributed by atoms with Gasteiger partial charge in [0, 0.05) is 17.4 Å². The molecule has 0 bridgehead atoms. The lowest BCUT2D eigenvalue weighted by Gasteiger charge is -2.07. The minimum Gasteiger partial charge on any atom is -0.365 e. The maximum Gasteiger partial charge on any atom is 0.254 e. The molecule has 0 aliphatic rings. The van der Waals surface area contributed by atoms with E-state index in [2.05, 4.69) is 25.8 Å². The van der Waals surface area contributed by atoms with Gasteiger partial charge in [-0.3, -0.25) is 14.7 Å². The molecule has 154 valence electrons. The summed E-state index contributed by atoms with van der Waals surface area (Å²) in [7, 11) is 0. The SMILES string of the molecule is NC(=O)c1c(Nc2ccccn2)n[nH]c1-c1ccc(NC(=O)Cc2ccccc2)cc1. The Balaban J connectivity index is 1.51. The van der Waals surface area contributed by atoms with Crippen LogP contribution in [0, 0.1) is 0 Å². The summed E-state index contributed by atoms with van der Waals surface area (Å²) < 4.78 is 0. The molecule has 0 spiro atoms. The predicted octanol–water partition coefficient (Wildman–Crippen LogP) is 3.50. The van der Waals surface area contributed by atoms with Crippen LogP contribution in [-0.2, 0) is 11.2 Å². The van der Waals surface area contributed by atoms with Gasteiger partial charge in [0.15, 0.2) is 5.82 Å². The lowest BCUT2D eigenvalue weighted by molar-refractivity contribution is -0.115. The van der Waals surface area contributed by atoms with Crippen molar-refractivity contribution in [1.29, 1.82) is 0 Å². The minimum absolute atomic E-state index is 0.111. The topological polar surface area (TPSA) is 126 Å². The number of amides is 2. The number of hydrogen-bond acceptors (Lipinski definition) is 5. The smallest absolute Gasteiger partial charge is 0.254 e. The van der Waals surface area contributed by atoms with E-state index in [-0.39, 0.29) is 17.9 Å². The maximum atomic E-state index is 12.3. The van der Waals surface area contributed by atoms with Crippen LogP contribution in [0.2, 0.25) is 0 Å². The highest BCUT2D eigenvalue weighted by molar-refractivity contribution is 6.04. The van der Waals surface area contributed by atoms with Crippen LogP contribution in [0.25, 0.3) is 11.3 Å². The second kappa shape index (κ2) is 8.91. The van der Waals surface area contributed by atoms with E-state index in [1.54, 1.807) is 42.6 Å². The van der Waals surface area contributed by atoms with Crippen molar-refractivity contribution in [2.45, 2.75) is 6.42 Å². The van der Waals surface area contributed by atoms with Crippen molar-refractivity contribution >= 4 is 29.1 Å². The first kappa shape index (κ1) is 19.8. The summed E-state index contributed by atoms with van der Waals surface area (Å²) in [5, 5.41) is 12.9. The Morgan fingerprint density at radius 2 is 1.68 bits per heavy atom. The van der Waals surface area contributed by atoms with E-state index < -0.39 is 5.91 Å². The number of nitrogens with two attached hydrogens (primary N) is 1. The van der Waals surface area contributed by atoms with Crippen molar-refractivity contribution in [3.8, 4) is 11.3 Å². The Bertz CT molecular complexity index is 1190. The van der Waals surface area contributed by atoms with Gasteiger partial charge in [-0.1, -0.05) is 48.5 Å². The molecule has 0 fully saturated rings. The summed E-state index contributed by atoms with van der Waals surface area (Å²) in [5.74, 6) is 0.101. The number of pyridine rings is 1. The molecule has 0 unspecified atom stereocenters. The van der Waals surface area contributed by atoms with Gasteiger partial charge in [0.2, 0.25) is 5.91 Å². The van der Waals surface area contributed by atoms with Crippen LogP contribution in [0.4, 0.5) is 17.3 Å². The lowest BCUT2D eigenvalue weighted by atomic mass is 10.1. The molecule has 4 aromatic rings. The second-order valence-electron chi connectivity index (χ2n) is 6.81. The van der Waals surface area contributed by atoms with Gasteiger partial charge >= 0.3 is 0 Å². The molecule has 8 heteroatoms. The number of carbonyl (C=O) groups excluding carboxylic acids is 2. The summed E-state index contributed by atoms with van der Waals surface area (Å²) in [6.45, 7) is 0. The summed E-state index contributed by atoms with van der Waals surface area (Å²) in [6.07, 6.45) is 1.92. The summed E-state index contributed by atoms with van der Waals surface area (Å²) in [5.41, 5.74) is 8.60. The van der Waals surface area contributed by atoms with Gasteiger partial charge in [-0.15, -0.1) is 0 Å². The van der Waals surface area contributed by atoms with Crippen LogP contribution in [0.15, 0.2) is 79.0 Å². The van der Waals surface area contributed by atoms with Gasteiger partial charge in [0.1, 0.15) is 11.4 Å². The summed E-state index contributed by atoms with van der Waals surface area (Å²) >= 11 is 0. The van der Waals surface area contributed by atoms with Gasteiger partial charge in [0.05, 0.1) is 12.1 Å². The molecular formula is C23H20N6O2. The molecule has 2 aromatic carbocycles. The Labute approximate surface area is 178 Å². The molecule has 2 aromatic heterocycles. The zero-order valence-electron chi connectivity index (χ0n) is 16.5.